The molecule has 0 heterocycles. The smallest absolute Gasteiger partial charge is 0.326 e. The molecular weight excluding hydrogens is 172 g/mol. The molecule has 5 heteroatoms. The highest BCUT2D eigenvalue weighted by molar-refractivity contribution is 5.83. The van der Waals surface area contributed by atoms with Crippen molar-refractivity contribution < 1.29 is 14.7 Å². The minimum atomic E-state index is -1.01. The van der Waals surface area contributed by atoms with Gasteiger partial charge in [0, 0.05) is 13.0 Å². The van der Waals surface area contributed by atoms with E-state index in [2.05, 4.69) is 5.32 Å². The molecule has 0 aromatic heterocycles. The van der Waals surface area contributed by atoms with Crippen LogP contribution in [0.4, 0.5) is 0 Å². The number of carbonyl (C=O) groups excluding carboxylic acids is 1. The molecule has 0 fully saturated rings. The Kier molecular flexibility index (Phi) is 5.06. The quantitative estimate of drug-likeness (QED) is 0.545. The molecule has 76 valence electrons. The van der Waals surface area contributed by atoms with E-state index in [1.54, 1.807) is 13.8 Å². The van der Waals surface area contributed by atoms with E-state index in [-0.39, 0.29) is 24.8 Å². The predicted octanol–water partition coefficient (Wildman–Crippen LogP) is -0.439. The monoisotopic (exact) mass is 188 g/mol. The van der Waals surface area contributed by atoms with Crippen LogP contribution in [0.2, 0.25) is 0 Å². The summed E-state index contributed by atoms with van der Waals surface area (Å²) in [5.74, 6) is -1.46. The van der Waals surface area contributed by atoms with Gasteiger partial charge < -0.3 is 16.2 Å². The summed E-state index contributed by atoms with van der Waals surface area (Å²) in [6.45, 7) is 3.71. The van der Waals surface area contributed by atoms with Crippen molar-refractivity contribution in [3.8, 4) is 0 Å². The minimum Gasteiger partial charge on any atom is -0.480 e. The van der Waals surface area contributed by atoms with Gasteiger partial charge in [-0.3, -0.25) is 4.79 Å². The van der Waals surface area contributed by atoms with Crippen LogP contribution in [0.1, 0.15) is 20.3 Å². The third kappa shape index (κ3) is 4.47. The molecule has 4 N–H and O–H groups in total. The van der Waals surface area contributed by atoms with Gasteiger partial charge in [0.15, 0.2) is 0 Å². The van der Waals surface area contributed by atoms with Gasteiger partial charge in [0.05, 0.1) is 0 Å². The zero-order chi connectivity index (χ0) is 10.4. The predicted molar refractivity (Wildman–Crippen MR) is 48.1 cm³/mol. The number of nitrogens with one attached hydrogen (secondary N) is 1. The number of carbonyl (C=O) groups is 2. The summed E-state index contributed by atoms with van der Waals surface area (Å²) in [6, 6.07) is -0.820. The second-order valence-corrected chi connectivity index (χ2v) is 3.17. The largest absolute Gasteiger partial charge is 0.480 e. The van der Waals surface area contributed by atoms with E-state index in [4.69, 9.17) is 10.8 Å². The van der Waals surface area contributed by atoms with Crippen molar-refractivity contribution in [3.63, 3.8) is 0 Å². The van der Waals surface area contributed by atoms with E-state index < -0.39 is 12.0 Å². The van der Waals surface area contributed by atoms with Crippen molar-refractivity contribution in [1.82, 2.24) is 5.32 Å². The highest BCUT2D eigenvalue weighted by Gasteiger charge is 2.22. The van der Waals surface area contributed by atoms with Crippen molar-refractivity contribution in [3.05, 3.63) is 0 Å². The number of hydrogen-bond donors (Lipinski definition) is 3. The van der Waals surface area contributed by atoms with Gasteiger partial charge in [0.25, 0.3) is 0 Å². The summed E-state index contributed by atoms with van der Waals surface area (Å²) in [6.07, 6.45) is 0.163. The Labute approximate surface area is 77.3 Å². The maximum absolute atomic E-state index is 11.0. The molecule has 0 rings (SSSR count). The molecule has 0 aliphatic rings. The van der Waals surface area contributed by atoms with E-state index in [0.29, 0.717) is 0 Å². The first-order chi connectivity index (χ1) is 5.99. The summed E-state index contributed by atoms with van der Waals surface area (Å²) in [4.78, 5) is 21.6. The second kappa shape index (κ2) is 5.53. The van der Waals surface area contributed by atoms with Crippen LogP contribution in [0.25, 0.3) is 0 Å². The molecule has 13 heavy (non-hydrogen) atoms. The first kappa shape index (κ1) is 11.9. The lowest BCUT2D eigenvalue weighted by Gasteiger charge is -2.17. The lowest BCUT2D eigenvalue weighted by molar-refractivity contribution is -0.143. The Morgan fingerprint density at radius 2 is 2.00 bits per heavy atom. The van der Waals surface area contributed by atoms with Crippen LogP contribution in [0.15, 0.2) is 0 Å². The van der Waals surface area contributed by atoms with E-state index >= 15 is 0 Å². The molecule has 0 aliphatic carbocycles. The maximum Gasteiger partial charge on any atom is 0.326 e. The molecule has 0 aliphatic heterocycles. The topological polar surface area (TPSA) is 92.4 Å². The van der Waals surface area contributed by atoms with Crippen LogP contribution < -0.4 is 11.1 Å². The molecule has 0 radical (unpaired) electrons. The second-order valence-electron chi connectivity index (χ2n) is 3.17. The number of amides is 1. The first-order valence-corrected chi connectivity index (χ1v) is 4.21. The van der Waals surface area contributed by atoms with Crippen molar-refractivity contribution in [2.24, 2.45) is 11.7 Å². The summed E-state index contributed by atoms with van der Waals surface area (Å²) >= 11 is 0. The molecule has 5 nitrogen and oxygen atoms in total. The highest BCUT2D eigenvalue weighted by atomic mass is 16.4. The zero-order valence-corrected chi connectivity index (χ0v) is 7.91. The summed E-state index contributed by atoms with van der Waals surface area (Å²) in [7, 11) is 0. The number of hydrogen-bond acceptors (Lipinski definition) is 3. The zero-order valence-electron chi connectivity index (χ0n) is 7.91. The van der Waals surface area contributed by atoms with E-state index in [0.717, 1.165) is 0 Å². The van der Waals surface area contributed by atoms with E-state index in [1.807, 2.05) is 0 Å². The summed E-state index contributed by atoms with van der Waals surface area (Å²) in [5.41, 5.74) is 5.15. The van der Waals surface area contributed by atoms with Gasteiger partial charge in [-0.05, 0) is 5.92 Å². The van der Waals surface area contributed by atoms with Gasteiger partial charge in [-0.25, -0.2) is 4.79 Å². The highest BCUT2D eigenvalue weighted by Crippen LogP contribution is 2.01. The van der Waals surface area contributed by atoms with Crippen molar-refractivity contribution in [2.45, 2.75) is 26.3 Å². The van der Waals surface area contributed by atoms with E-state index in [9.17, 15) is 9.59 Å². The molecule has 0 bridgehead atoms. The molecule has 1 amide bonds. The van der Waals surface area contributed by atoms with Crippen LogP contribution in [0.3, 0.4) is 0 Å². The van der Waals surface area contributed by atoms with Gasteiger partial charge in [-0.15, -0.1) is 0 Å². The fourth-order valence-electron chi connectivity index (χ4n) is 0.890. The fraction of sp³-hybridized carbons (Fsp3) is 0.750. The lowest BCUT2D eigenvalue weighted by atomic mass is 10.0. The van der Waals surface area contributed by atoms with Crippen LogP contribution in [-0.2, 0) is 9.59 Å². The van der Waals surface area contributed by atoms with E-state index in [1.165, 1.54) is 0 Å². The van der Waals surface area contributed by atoms with Gasteiger partial charge in [-0.1, -0.05) is 13.8 Å². The SMILES string of the molecule is CC(C)[C@H](NC(=O)CCN)C(=O)O. The minimum absolute atomic E-state index is 0.126. The standard InChI is InChI=1S/C8H16N2O3/c1-5(2)7(8(12)13)10-6(11)3-4-9/h5,7H,3-4,9H2,1-2H3,(H,10,11)(H,12,13)/t7-/m0/s1. The number of nitrogens with two attached hydrogens (primary N) is 1. The van der Waals surface area contributed by atoms with Crippen LogP contribution >= 0.6 is 0 Å². The van der Waals surface area contributed by atoms with Crippen LogP contribution in [0, 0.1) is 5.92 Å². The van der Waals surface area contributed by atoms with Gasteiger partial charge in [0.1, 0.15) is 6.04 Å². The third-order valence-electron chi connectivity index (χ3n) is 1.62. The normalized spacial score (nSPS) is 12.6. The van der Waals surface area contributed by atoms with Crippen molar-refractivity contribution in [1.29, 1.82) is 0 Å². The lowest BCUT2D eigenvalue weighted by Crippen LogP contribution is -2.44. The Hall–Kier alpha value is -1.10. The number of aliphatic carboxylic acids is 1. The van der Waals surface area contributed by atoms with Gasteiger partial charge >= 0.3 is 5.97 Å². The maximum atomic E-state index is 11.0. The molecule has 0 saturated carbocycles. The summed E-state index contributed by atoms with van der Waals surface area (Å²) < 4.78 is 0. The number of rotatable bonds is 5. The van der Waals surface area contributed by atoms with Crippen LogP contribution in [-0.4, -0.2) is 29.6 Å². The van der Waals surface area contributed by atoms with Crippen molar-refractivity contribution in [2.75, 3.05) is 6.54 Å². The van der Waals surface area contributed by atoms with Gasteiger partial charge in [0.2, 0.25) is 5.91 Å². The Bertz CT molecular complexity index is 192. The third-order valence-corrected chi connectivity index (χ3v) is 1.62. The number of carboxylic acids is 1. The molecular formula is C8H16N2O3. The summed E-state index contributed by atoms with van der Waals surface area (Å²) in [5, 5.41) is 11.1. The average Bonchev–Trinajstić information content (AvgIpc) is 1.99. The molecule has 0 aromatic rings. The fourth-order valence-corrected chi connectivity index (χ4v) is 0.890. The average molecular weight is 188 g/mol. The molecule has 0 aromatic carbocycles. The molecule has 0 unspecified atom stereocenters. The molecule has 0 saturated heterocycles. The molecule has 0 spiro atoms. The Morgan fingerprint density at radius 1 is 1.46 bits per heavy atom. The Morgan fingerprint density at radius 3 is 2.31 bits per heavy atom. The van der Waals surface area contributed by atoms with Gasteiger partial charge in [-0.2, -0.15) is 0 Å². The molecule has 1 atom stereocenters. The Balaban J connectivity index is 4.10. The first-order valence-electron chi connectivity index (χ1n) is 4.21. The number of carboxylic acid groups (broad SMARTS) is 1. The van der Waals surface area contributed by atoms with Crippen molar-refractivity contribution >= 4 is 11.9 Å². The van der Waals surface area contributed by atoms with Crippen LogP contribution in [0.5, 0.6) is 0 Å².